The number of hydrogen-bond acceptors (Lipinski definition) is 2. The van der Waals surface area contributed by atoms with Crippen LogP contribution in [-0.2, 0) is 18.4 Å². The molecule has 0 saturated heterocycles. The topological polar surface area (TPSA) is 18.5 Å². The molecule has 0 aliphatic heterocycles. The van der Waals surface area contributed by atoms with E-state index in [1.807, 2.05) is 0 Å². The van der Waals surface area contributed by atoms with Gasteiger partial charge < -0.3 is 0 Å². The summed E-state index contributed by atoms with van der Waals surface area (Å²) in [4.78, 5) is 0. The Bertz CT molecular complexity index is 51.7. The van der Waals surface area contributed by atoms with Crippen molar-refractivity contribution in [3.8, 4) is 0 Å². The van der Waals surface area contributed by atoms with Gasteiger partial charge >= 0.3 is 68.7 Å². The third-order valence-electron chi connectivity index (χ3n) is 0.475. The van der Waals surface area contributed by atoms with Gasteiger partial charge in [-0.3, -0.25) is 0 Å². The van der Waals surface area contributed by atoms with Crippen LogP contribution in [0.2, 0.25) is 0 Å². The van der Waals surface area contributed by atoms with Gasteiger partial charge in [-0.15, -0.1) is 0 Å². The zero-order chi connectivity index (χ0) is 5.91. The summed E-state index contributed by atoms with van der Waals surface area (Å²) in [6.45, 7) is 0. The van der Waals surface area contributed by atoms with Crippen molar-refractivity contribution in [3.05, 3.63) is 0 Å². The van der Waals surface area contributed by atoms with Crippen molar-refractivity contribution in [2.75, 3.05) is 14.2 Å². The van der Waals surface area contributed by atoms with Crippen LogP contribution in [0, 0.1) is 0 Å². The van der Waals surface area contributed by atoms with Crippen molar-refractivity contribution in [1.29, 1.82) is 0 Å². The standard InChI is InChI=1S/2CH3O.2HI.Zr/c2*1-2;;;/h2*1H3;2*1H;/q2*-1;;;+4/p-2. The molecular weight excluding hydrogens is 401 g/mol. The zero-order valence-electron chi connectivity index (χ0n) is 4.07. The molecule has 0 spiro atoms. The van der Waals surface area contributed by atoms with E-state index in [0.29, 0.717) is 0 Å². The molecular formula is C2H6I2O2Zr. The van der Waals surface area contributed by atoms with Crippen LogP contribution in [0.4, 0.5) is 0 Å². The minimum absolute atomic E-state index is 1.69. The van der Waals surface area contributed by atoms with E-state index in [1.165, 1.54) is 0 Å². The van der Waals surface area contributed by atoms with Gasteiger partial charge in [-0.1, -0.05) is 0 Å². The molecule has 0 saturated carbocycles. The fourth-order valence-corrected chi connectivity index (χ4v) is 0.493. The Morgan fingerprint density at radius 1 is 1.14 bits per heavy atom. The van der Waals surface area contributed by atoms with Gasteiger partial charge in [-0.2, -0.15) is 0 Å². The molecule has 2 nitrogen and oxygen atoms in total. The summed E-state index contributed by atoms with van der Waals surface area (Å²) in [5, 5.41) is 0. The SMILES string of the molecule is C[O][Zr]([I])([I])[O]C. The van der Waals surface area contributed by atoms with Gasteiger partial charge in [0.1, 0.15) is 0 Å². The molecule has 0 aliphatic carbocycles. The first-order chi connectivity index (χ1) is 3.12. The molecule has 0 aromatic carbocycles. The average Bonchev–Trinajstić information content (AvgIpc) is 1.68. The van der Waals surface area contributed by atoms with Crippen LogP contribution in [0.1, 0.15) is 0 Å². The van der Waals surface area contributed by atoms with Crippen molar-refractivity contribution in [2.24, 2.45) is 0 Å². The molecule has 44 valence electrons. The van der Waals surface area contributed by atoms with E-state index in [9.17, 15) is 0 Å². The molecule has 0 aromatic heterocycles. The van der Waals surface area contributed by atoms with Gasteiger partial charge in [0.05, 0.1) is 0 Å². The summed E-state index contributed by atoms with van der Waals surface area (Å²) < 4.78 is 10.1. The average molecular weight is 407 g/mol. The van der Waals surface area contributed by atoms with Crippen LogP contribution in [0.3, 0.4) is 0 Å². The first-order valence-electron chi connectivity index (χ1n) is 1.60. The van der Waals surface area contributed by atoms with E-state index in [4.69, 9.17) is 5.63 Å². The third-order valence-corrected chi connectivity index (χ3v) is 13.2. The maximum absolute atomic E-state index is 5.05. The monoisotopic (exact) mass is 406 g/mol. The molecule has 0 aliphatic rings. The normalized spacial score (nSPS) is 12.0. The molecule has 0 aromatic rings. The van der Waals surface area contributed by atoms with Crippen molar-refractivity contribution in [3.63, 3.8) is 0 Å². The molecule has 0 heterocycles. The van der Waals surface area contributed by atoms with Crippen LogP contribution in [0.15, 0.2) is 0 Å². The van der Waals surface area contributed by atoms with Crippen LogP contribution in [0.5, 0.6) is 0 Å². The van der Waals surface area contributed by atoms with Gasteiger partial charge in [0, 0.05) is 0 Å². The molecule has 0 N–H and O–H groups in total. The number of halogens is 2. The molecule has 0 radical (unpaired) electrons. The van der Waals surface area contributed by atoms with Gasteiger partial charge in [-0.05, 0) is 0 Å². The number of hydrogen-bond donors (Lipinski definition) is 0. The summed E-state index contributed by atoms with van der Waals surface area (Å²) in [5.41, 5.74) is 0. The number of rotatable bonds is 2. The summed E-state index contributed by atoms with van der Waals surface area (Å²) in [5.74, 6) is 0. The molecule has 0 amide bonds. The van der Waals surface area contributed by atoms with E-state index in [-0.39, 0.29) is 0 Å². The van der Waals surface area contributed by atoms with Crippen molar-refractivity contribution < 1.29 is 18.4 Å². The fourth-order valence-electron chi connectivity index (χ4n) is 0.0833. The third kappa shape index (κ3) is 4.75. The first kappa shape index (κ1) is 9.26. The van der Waals surface area contributed by atoms with Gasteiger partial charge in [-0.25, -0.2) is 0 Å². The van der Waals surface area contributed by atoms with Crippen molar-refractivity contribution in [1.82, 2.24) is 0 Å². The summed E-state index contributed by atoms with van der Waals surface area (Å²) >= 11 is 2.17. The molecule has 0 unspecified atom stereocenters. The van der Waals surface area contributed by atoms with Crippen LogP contribution in [0.25, 0.3) is 0 Å². The predicted octanol–water partition coefficient (Wildman–Crippen LogP) is 1.96. The first-order valence-corrected chi connectivity index (χ1v) is 18.2. The van der Waals surface area contributed by atoms with E-state index < -0.39 is 12.8 Å². The van der Waals surface area contributed by atoms with E-state index in [2.05, 4.69) is 36.1 Å². The second-order valence-corrected chi connectivity index (χ2v) is 34.2. The zero-order valence-corrected chi connectivity index (χ0v) is 10.8. The van der Waals surface area contributed by atoms with Gasteiger partial charge in [0.2, 0.25) is 0 Å². The van der Waals surface area contributed by atoms with E-state index in [1.54, 1.807) is 14.2 Å². The second kappa shape index (κ2) is 4.14. The summed E-state index contributed by atoms with van der Waals surface area (Å²) in [6.07, 6.45) is 0. The van der Waals surface area contributed by atoms with E-state index in [0.717, 1.165) is 0 Å². The minimum atomic E-state index is -2.34. The Morgan fingerprint density at radius 3 is 1.43 bits per heavy atom. The Hall–Kier alpha value is 2.26. The Kier molecular flexibility index (Phi) is 5.48. The quantitative estimate of drug-likeness (QED) is 0.652. The maximum atomic E-state index is 5.05. The molecule has 0 rings (SSSR count). The molecule has 5 heteroatoms. The Morgan fingerprint density at radius 2 is 1.43 bits per heavy atom. The Labute approximate surface area is 67.3 Å². The van der Waals surface area contributed by atoms with Crippen LogP contribution in [-0.4, -0.2) is 14.2 Å². The van der Waals surface area contributed by atoms with Gasteiger partial charge in [0.25, 0.3) is 0 Å². The van der Waals surface area contributed by atoms with Gasteiger partial charge in [0.15, 0.2) is 0 Å². The van der Waals surface area contributed by atoms with Crippen molar-refractivity contribution >= 4 is 36.1 Å². The molecule has 0 bridgehead atoms. The van der Waals surface area contributed by atoms with Crippen LogP contribution >= 0.6 is 36.1 Å². The van der Waals surface area contributed by atoms with Crippen LogP contribution < -0.4 is 0 Å². The molecule has 0 atom stereocenters. The Balaban J connectivity index is 3.36. The molecule has 0 fully saturated rings. The summed E-state index contributed by atoms with van der Waals surface area (Å²) in [6, 6.07) is 0. The predicted molar refractivity (Wildman–Crippen MR) is 42.1 cm³/mol. The van der Waals surface area contributed by atoms with Crippen molar-refractivity contribution in [2.45, 2.75) is 0 Å². The van der Waals surface area contributed by atoms with E-state index >= 15 is 0 Å². The summed E-state index contributed by atoms with van der Waals surface area (Å²) in [7, 11) is 3.39. The molecule has 7 heavy (non-hydrogen) atoms. The second-order valence-electron chi connectivity index (χ2n) is 0.872. The fraction of sp³-hybridized carbons (Fsp3) is 1.00.